The Hall–Kier alpha value is -3.23. The average Bonchev–Trinajstić information content (AvgIpc) is 3.23. The third-order valence-electron chi connectivity index (χ3n) is 6.34. The lowest BCUT2D eigenvalue weighted by molar-refractivity contribution is -0.138. The first-order valence-corrected chi connectivity index (χ1v) is 10.7. The van der Waals surface area contributed by atoms with E-state index in [4.69, 9.17) is 0 Å². The Kier molecular flexibility index (Phi) is 5.51. The number of hydrogen-bond acceptors (Lipinski definition) is 5. The van der Waals surface area contributed by atoms with Crippen molar-refractivity contribution in [2.75, 3.05) is 24.5 Å². The summed E-state index contributed by atoms with van der Waals surface area (Å²) < 4.78 is 0. The zero-order valence-electron chi connectivity index (χ0n) is 17.6. The van der Waals surface area contributed by atoms with Crippen molar-refractivity contribution >= 4 is 35.2 Å². The summed E-state index contributed by atoms with van der Waals surface area (Å²) in [6, 6.07) is 7.07. The maximum absolute atomic E-state index is 13.1. The molecule has 3 aliphatic rings. The number of rotatable bonds is 7. The van der Waals surface area contributed by atoms with Gasteiger partial charge in [0, 0.05) is 45.3 Å². The van der Waals surface area contributed by atoms with Gasteiger partial charge in [-0.25, -0.2) is 0 Å². The number of nitrogens with zero attached hydrogens (tertiary/aromatic N) is 3. The van der Waals surface area contributed by atoms with E-state index in [0.717, 1.165) is 0 Å². The summed E-state index contributed by atoms with van der Waals surface area (Å²) in [4.78, 5) is 65.8. The van der Waals surface area contributed by atoms with Gasteiger partial charge in [0.25, 0.3) is 5.91 Å². The SMILES string of the molecule is CC12CCC(=O)N1c1ccccc1C(=O)N2CCC(=O)NCCCN1C(=O)CCC1=O. The predicted molar refractivity (Wildman–Crippen MR) is 111 cm³/mol. The minimum atomic E-state index is -0.778. The van der Waals surface area contributed by atoms with Crippen molar-refractivity contribution in [1.82, 2.24) is 15.1 Å². The molecule has 0 radical (unpaired) electrons. The first kappa shape index (κ1) is 21.0. The lowest BCUT2D eigenvalue weighted by Gasteiger charge is -2.48. The lowest BCUT2D eigenvalue weighted by Crippen LogP contribution is -2.62. The zero-order chi connectivity index (χ0) is 22.2. The fourth-order valence-corrected chi connectivity index (χ4v) is 4.68. The van der Waals surface area contributed by atoms with Gasteiger partial charge in [-0.2, -0.15) is 0 Å². The van der Waals surface area contributed by atoms with Gasteiger partial charge in [0.05, 0.1) is 11.3 Å². The van der Waals surface area contributed by atoms with E-state index in [1.165, 1.54) is 4.90 Å². The van der Waals surface area contributed by atoms with Crippen molar-refractivity contribution in [2.24, 2.45) is 0 Å². The van der Waals surface area contributed by atoms with Crippen LogP contribution >= 0.6 is 0 Å². The second-order valence-electron chi connectivity index (χ2n) is 8.31. The summed E-state index contributed by atoms with van der Waals surface area (Å²) >= 11 is 0. The molecule has 0 aromatic heterocycles. The summed E-state index contributed by atoms with van der Waals surface area (Å²) in [5, 5.41) is 2.78. The van der Waals surface area contributed by atoms with E-state index in [0.29, 0.717) is 43.6 Å². The van der Waals surface area contributed by atoms with E-state index in [-0.39, 0.29) is 55.3 Å². The number of carbonyl (C=O) groups excluding carboxylic acids is 5. The third kappa shape index (κ3) is 3.68. The van der Waals surface area contributed by atoms with Gasteiger partial charge in [-0.15, -0.1) is 0 Å². The van der Waals surface area contributed by atoms with Crippen LogP contribution in [0.2, 0.25) is 0 Å². The van der Waals surface area contributed by atoms with Crippen LogP contribution in [0.3, 0.4) is 0 Å². The van der Waals surface area contributed by atoms with Crippen LogP contribution in [0.4, 0.5) is 5.69 Å². The molecule has 1 aromatic carbocycles. The van der Waals surface area contributed by atoms with Gasteiger partial charge in [-0.1, -0.05) is 12.1 Å². The fourth-order valence-electron chi connectivity index (χ4n) is 4.68. The van der Waals surface area contributed by atoms with Crippen molar-refractivity contribution in [3.8, 4) is 0 Å². The molecular formula is C22H26N4O5. The van der Waals surface area contributed by atoms with Crippen molar-refractivity contribution in [1.29, 1.82) is 0 Å². The van der Waals surface area contributed by atoms with Gasteiger partial charge in [0.15, 0.2) is 0 Å². The Morgan fingerprint density at radius 1 is 1.00 bits per heavy atom. The normalized spacial score (nSPS) is 22.8. The summed E-state index contributed by atoms with van der Waals surface area (Å²) in [5.41, 5.74) is 0.319. The number of likely N-dealkylation sites (tertiary alicyclic amines) is 1. The minimum absolute atomic E-state index is 0.0251. The molecule has 0 saturated carbocycles. The van der Waals surface area contributed by atoms with E-state index < -0.39 is 5.66 Å². The molecule has 0 aliphatic carbocycles. The highest BCUT2D eigenvalue weighted by Gasteiger charge is 2.52. The minimum Gasteiger partial charge on any atom is -0.356 e. The van der Waals surface area contributed by atoms with Crippen molar-refractivity contribution < 1.29 is 24.0 Å². The molecule has 0 bridgehead atoms. The zero-order valence-corrected chi connectivity index (χ0v) is 17.6. The molecule has 9 nitrogen and oxygen atoms in total. The largest absolute Gasteiger partial charge is 0.356 e. The maximum atomic E-state index is 13.1. The molecule has 9 heteroatoms. The molecular weight excluding hydrogens is 400 g/mol. The monoisotopic (exact) mass is 426 g/mol. The average molecular weight is 426 g/mol. The number of imide groups is 1. The van der Waals surface area contributed by atoms with E-state index >= 15 is 0 Å². The molecule has 1 aromatic rings. The second kappa shape index (κ2) is 8.13. The smallest absolute Gasteiger partial charge is 0.257 e. The molecule has 0 spiro atoms. The highest BCUT2D eigenvalue weighted by Crippen LogP contribution is 2.43. The van der Waals surface area contributed by atoms with Gasteiger partial charge in [0.2, 0.25) is 23.6 Å². The molecule has 3 heterocycles. The molecule has 31 heavy (non-hydrogen) atoms. The number of amides is 5. The van der Waals surface area contributed by atoms with Crippen LogP contribution in [-0.2, 0) is 19.2 Å². The van der Waals surface area contributed by atoms with Crippen LogP contribution in [0.25, 0.3) is 0 Å². The molecule has 164 valence electrons. The molecule has 1 unspecified atom stereocenters. The number of para-hydroxylation sites is 1. The molecule has 2 saturated heterocycles. The van der Waals surface area contributed by atoms with Crippen molar-refractivity contribution in [3.05, 3.63) is 29.8 Å². The van der Waals surface area contributed by atoms with Gasteiger partial charge >= 0.3 is 0 Å². The molecule has 4 rings (SSSR count). The molecule has 1 N–H and O–H groups in total. The molecule has 5 amide bonds. The predicted octanol–water partition coefficient (Wildman–Crippen LogP) is 1.03. The van der Waals surface area contributed by atoms with Crippen LogP contribution in [0.15, 0.2) is 24.3 Å². The van der Waals surface area contributed by atoms with E-state index in [1.54, 1.807) is 28.0 Å². The number of nitrogens with one attached hydrogen (secondary N) is 1. The van der Waals surface area contributed by atoms with Gasteiger partial charge in [-0.05, 0) is 31.9 Å². The number of anilines is 1. The third-order valence-corrected chi connectivity index (χ3v) is 6.34. The molecule has 1 atom stereocenters. The van der Waals surface area contributed by atoms with E-state index in [9.17, 15) is 24.0 Å². The molecule has 2 fully saturated rings. The van der Waals surface area contributed by atoms with Gasteiger partial charge < -0.3 is 10.2 Å². The van der Waals surface area contributed by atoms with Crippen molar-refractivity contribution in [2.45, 2.75) is 51.1 Å². The Morgan fingerprint density at radius 2 is 1.71 bits per heavy atom. The van der Waals surface area contributed by atoms with Gasteiger partial charge in [0.1, 0.15) is 5.66 Å². The first-order chi connectivity index (χ1) is 14.8. The summed E-state index contributed by atoms with van der Waals surface area (Å²) in [5.74, 6) is -0.746. The van der Waals surface area contributed by atoms with Crippen LogP contribution in [0, 0.1) is 0 Å². The highest BCUT2D eigenvalue weighted by molar-refractivity contribution is 6.10. The van der Waals surface area contributed by atoms with Crippen LogP contribution < -0.4 is 10.2 Å². The van der Waals surface area contributed by atoms with Crippen LogP contribution in [-0.4, -0.2) is 64.6 Å². The Balaban J connectivity index is 1.34. The highest BCUT2D eigenvalue weighted by atomic mass is 16.2. The fraction of sp³-hybridized carbons (Fsp3) is 0.500. The topological polar surface area (TPSA) is 107 Å². The van der Waals surface area contributed by atoms with E-state index in [1.807, 2.05) is 13.0 Å². The Morgan fingerprint density at radius 3 is 2.45 bits per heavy atom. The van der Waals surface area contributed by atoms with Gasteiger partial charge in [-0.3, -0.25) is 33.8 Å². The van der Waals surface area contributed by atoms with E-state index in [2.05, 4.69) is 5.32 Å². The Labute approximate surface area is 180 Å². The number of hydrogen-bond donors (Lipinski definition) is 1. The van der Waals surface area contributed by atoms with Crippen LogP contribution in [0.5, 0.6) is 0 Å². The van der Waals surface area contributed by atoms with Crippen molar-refractivity contribution in [3.63, 3.8) is 0 Å². The number of benzene rings is 1. The lowest BCUT2D eigenvalue weighted by atomic mass is 9.98. The number of carbonyl (C=O) groups is 5. The van der Waals surface area contributed by atoms with Crippen LogP contribution in [0.1, 0.15) is 55.8 Å². The quantitative estimate of drug-likeness (QED) is 0.518. The maximum Gasteiger partial charge on any atom is 0.257 e. The number of fused-ring (bicyclic) bond motifs is 3. The summed E-state index contributed by atoms with van der Waals surface area (Å²) in [6.07, 6.45) is 1.99. The summed E-state index contributed by atoms with van der Waals surface area (Å²) in [7, 11) is 0. The first-order valence-electron chi connectivity index (χ1n) is 10.7. The molecule has 3 aliphatic heterocycles. The summed E-state index contributed by atoms with van der Waals surface area (Å²) in [6.45, 7) is 2.71. The second-order valence-corrected chi connectivity index (χ2v) is 8.31. The standard InChI is InChI=1S/C22H26N4O5/c1-22-11-9-20(30)26(22)16-6-3-2-5-15(16)21(31)25(22)14-10-17(27)23-12-4-13-24-18(28)7-8-19(24)29/h2-3,5-6H,4,7-14H2,1H3,(H,23,27). The Bertz CT molecular complexity index is 945.